The zero-order valence-corrected chi connectivity index (χ0v) is 16.5. The van der Waals surface area contributed by atoms with Gasteiger partial charge >= 0.3 is 0 Å². The molecule has 5 heteroatoms. The van der Waals surface area contributed by atoms with Gasteiger partial charge in [-0.3, -0.25) is 0 Å². The highest BCUT2D eigenvalue weighted by atomic mass is 15.0. The third-order valence-corrected chi connectivity index (χ3v) is 4.58. The lowest BCUT2D eigenvalue weighted by molar-refractivity contribution is 0.706. The summed E-state index contributed by atoms with van der Waals surface area (Å²) in [6.07, 6.45) is 5.69. The van der Waals surface area contributed by atoms with Gasteiger partial charge in [0.05, 0.1) is 0 Å². The van der Waals surface area contributed by atoms with Gasteiger partial charge in [-0.25, -0.2) is 15.0 Å². The van der Waals surface area contributed by atoms with E-state index in [4.69, 9.17) is 15.0 Å². The molecule has 0 saturated carbocycles. The lowest BCUT2D eigenvalue weighted by Gasteiger charge is -2.14. The van der Waals surface area contributed by atoms with Crippen LogP contribution in [0.4, 0.5) is 0 Å². The van der Waals surface area contributed by atoms with Gasteiger partial charge < -0.3 is 5.32 Å². The molecule has 3 rings (SSSR count). The summed E-state index contributed by atoms with van der Waals surface area (Å²) in [6.45, 7) is 5.77. The summed E-state index contributed by atoms with van der Waals surface area (Å²) in [6, 6.07) is 20.1. The molecule has 0 aliphatic heterocycles. The fourth-order valence-corrected chi connectivity index (χ4v) is 2.99. The van der Waals surface area contributed by atoms with Gasteiger partial charge in [-0.15, -0.1) is 0 Å². The number of nitrogens with zero attached hydrogens (tertiary/aromatic N) is 3. The standard InChI is InChI=1S/C23H25BN4/c1-3-17(15-16-20(24)25-4-2)21-26-22(18-11-7-5-8-12-18)28-23(27-21)19-13-9-6-10-14-19/h3-14,20,25H,2,15-16,24H2,1H3/b17-3+. The maximum Gasteiger partial charge on any atom is 0.164 e. The van der Waals surface area contributed by atoms with E-state index in [9.17, 15) is 0 Å². The van der Waals surface area contributed by atoms with Crippen molar-refractivity contribution < 1.29 is 0 Å². The largest absolute Gasteiger partial charge is 0.397 e. The molecule has 0 spiro atoms. The van der Waals surface area contributed by atoms with Crippen LogP contribution in [0.25, 0.3) is 28.3 Å². The quantitative estimate of drug-likeness (QED) is 0.609. The molecule has 2 aromatic carbocycles. The topological polar surface area (TPSA) is 50.7 Å². The summed E-state index contributed by atoms with van der Waals surface area (Å²) in [5.74, 6) is 2.47. The third-order valence-electron chi connectivity index (χ3n) is 4.58. The summed E-state index contributed by atoms with van der Waals surface area (Å²) < 4.78 is 0. The highest BCUT2D eigenvalue weighted by Crippen LogP contribution is 2.24. The van der Waals surface area contributed by atoms with Crippen LogP contribution in [0.3, 0.4) is 0 Å². The van der Waals surface area contributed by atoms with E-state index < -0.39 is 0 Å². The van der Waals surface area contributed by atoms with Crippen LogP contribution in [0.2, 0.25) is 0 Å². The molecule has 0 aliphatic carbocycles. The third kappa shape index (κ3) is 4.94. The molecule has 0 fully saturated rings. The van der Waals surface area contributed by atoms with Gasteiger partial charge in [0, 0.05) is 11.1 Å². The average Bonchev–Trinajstić information content (AvgIpc) is 2.75. The van der Waals surface area contributed by atoms with Crippen molar-refractivity contribution in [3.8, 4) is 22.8 Å². The van der Waals surface area contributed by atoms with Crippen LogP contribution in [0.1, 0.15) is 25.6 Å². The van der Waals surface area contributed by atoms with Crippen molar-refractivity contribution in [1.29, 1.82) is 0 Å². The van der Waals surface area contributed by atoms with Gasteiger partial charge in [0.2, 0.25) is 0 Å². The first kappa shape index (κ1) is 19.6. The van der Waals surface area contributed by atoms with Crippen LogP contribution >= 0.6 is 0 Å². The van der Waals surface area contributed by atoms with Crippen molar-refractivity contribution in [1.82, 2.24) is 20.3 Å². The van der Waals surface area contributed by atoms with Crippen molar-refractivity contribution in [3.05, 3.63) is 85.3 Å². The van der Waals surface area contributed by atoms with Gasteiger partial charge in [0.25, 0.3) is 0 Å². The molecular weight excluding hydrogens is 343 g/mol. The molecule has 0 radical (unpaired) electrons. The molecule has 1 heterocycles. The summed E-state index contributed by atoms with van der Waals surface area (Å²) >= 11 is 0. The Balaban J connectivity index is 2.00. The van der Waals surface area contributed by atoms with Crippen LogP contribution in [0, 0.1) is 0 Å². The van der Waals surface area contributed by atoms with Crippen LogP contribution in [-0.2, 0) is 0 Å². The van der Waals surface area contributed by atoms with Gasteiger partial charge in [0.15, 0.2) is 17.5 Å². The molecule has 0 aliphatic rings. The van der Waals surface area contributed by atoms with E-state index in [1.165, 1.54) is 0 Å². The molecule has 3 aromatic rings. The second-order valence-corrected chi connectivity index (χ2v) is 6.66. The Morgan fingerprint density at radius 2 is 1.50 bits per heavy atom. The summed E-state index contributed by atoms with van der Waals surface area (Å²) in [5.41, 5.74) is 3.09. The molecule has 28 heavy (non-hydrogen) atoms. The normalized spacial score (nSPS) is 12.4. The summed E-state index contributed by atoms with van der Waals surface area (Å²) in [4.78, 5) is 14.3. The van der Waals surface area contributed by atoms with E-state index in [1.807, 2.05) is 67.6 Å². The number of allylic oxidation sites excluding steroid dienone is 2. The molecule has 1 unspecified atom stereocenters. The predicted molar refractivity (Wildman–Crippen MR) is 119 cm³/mol. The second-order valence-electron chi connectivity index (χ2n) is 6.66. The highest BCUT2D eigenvalue weighted by Gasteiger charge is 2.13. The number of benzene rings is 2. The van der Waals surface area contributed by atoms with E-state index in [2.05, 4.69) is 25.8 Å². The van der Waals surface area contributed by atoms with Gasteiger partial charge in [-0.05, 0) is 37.5 Å². The lowest BCUT2D eigenvalue weighted by Crippen LogP contribution is -2.23. The van der Waals surface area contributed by atoms with Crippen molar-refractivity contribution in [2.24, 2.45) is 0 Å². The number of aromatic nitrogens is 3. The first-order valence-corrected chi connectivity index (χ1v) is 9.60. The molecule has 0 saturated heterocycles. The Morgan fingerprint density at radius 3 is 1.96 bits per heavy atom. The fourth-order valence-electron chi connectivity index (χ4n) is 2.99. The Hall–Kier alpha value is -3.21. The predicted octanol–water partition coefficient (Wildman–Crippen LogP) is 4.08. The van der Waals surface area contributed by atoms with E-state index in [1.54, 1.807) is 6.20 Å². The van der Waals surface area contributed by atoms with Gasteiger partial charge in [-0.2, -0.15) is 0 Å². The molecule has 4 nitrogen and oxygen atoms in total. The van der Waals surface area contributed by atoms with Crippen molar-refractivity contribution in [3.63, 3.8) is 0 Å². The molecular formula is C23H25BN4. The Kier molecular flexibility index (Phi) is 6.74. The summed E-state index contributed by atoms with van der Waals surface area (Å²) in [5, 5.41) is 3.23. The number of nitrogens with one attached hydrogen (secondary N) is 1. The minimum atomic E-state index is 0.344. The average molecular weight is 368 g/mol. The Bertz CT molecular complexity index is 882. The van der Waals surface area contributed by atoms with E-state index in [0.717, 1.165) is 35.4 Å². The monoisotopic (exact) mass is 368 g/mol. The maximum atomic E-state index is 4.79. The first-order chi connectivity index (χ1) is 13.7. The van der Waals surface area contributed by atoms with Crippen molar-refractivity contribution >= 4 is 13.4 Å². The molecule has 1 aromatic heterocycles. The van der Waals surface area contributed by atoms with Crippen LogP contribution in [-0.4, -0.2) is 28.7 Å². The van der Waals surface area contributed by atoms with Crippen molar-refractivity contribution in [2.45, 2.75) is 25.7 Å². The minimum absolute atomic E-state index is 0.344. The van der Waals surface area contributed by atoms with E-state index in [0.29, 0.717) is 17.6 Å². The molecule has 140 valence electrons. The number of hydrogen-bond acceptors (Lipinski definition) is 4. The van der Waals surface area contributed by atoms with Crippen molar-refractivity contribution in [2.75, 3.05) is 0 Å². The minimum Gasteiger partial charge on any atom is -0.397 e. The molecule has 0 amide bonds. The molecule has 1 atom stereocenters. The Labute approximate surface area is 167 Å². The SMILES string of the molecule is BC(CC/C(=C\C)c1nc(-c2ccccc2)nc(-c2ccccc2)n1)NC=C. The fraction of sp³-hybridized carbons (Fsp3) is 0.174. The Morgan fingerprint density at radius 1 is 0.964 bits per heavy atom. The second kappa shape index (κ2) is 9.65. The zero-order valence-electron chi connectivity index (χ0n) is 16.5. The maximum absolute atomic E-state index is 4.79. The molecule has 0 bridgehead atoms. The van der Waals surface area contributed by atoms with E-state index >= 15 is 0 Å². The first-order valence-electron chi connectivity index (χ1n) is 9.60. The lowest BCUT2D eigenvalue weighted by atomic mass is 9.90. The van der Waals surface area contributed by atoms with Crippen LogP contribution in [0.5, 0.6) is 0 Å². The van der Waals surface area contributed by atoms with E-state index in [-0.39, 0.29) is 0 Å². The molecule has 1 N–H and O–H groups in total. The van der Waals surface area contributed by atoms with Crippen LogP contribution < -0.4 is 5.32 Å². The van der Waals surface area contributed by atoms with Gasteiger partial charge in [-0.1, -0.05) is 73.3 Å². The van der Waals surface area contributed by atoms with Gasteiger partial charge in [0.1, 0.15) is 7.85 Å². The zero-order chi connectivity index (χ0) is 19.8. The smallest absolute Gasteiger partial charge is 0.164 e. The number of hydrogen-bond donors (Lipinski definition) is 1. The highest BCUT2D eigenvalue weighted by molar-refractivity contribution is 6.11. The summed E-state index contributed by atoms with van der Waals surface area (Å²) in [7, 11) is 2.15. The number of rotatable bonds is 8. The van der Waals surface area contributed by atoms with Crippen LogP contribution in [0.15, 0.2) is 79.5 Å².